The Balaban J connectivity index is 2.28. The van der Waals surface area contributed by atoms with Crippen LogP contribution in [0.2, 0.25) is 0 Å². The van der Waals surface area contributed by atoms with Crippen molar-refractivity contribution in [3.8, 4) is 5.75 Å². The molecule has 0 radical (unpaired) electrons. The van der Waals surface area contributed by atoms with Gasteiger partial charge >= 0.3 is 0 Å². The molecule has 0 unspecified atom stereocenters. The molecule has 1 aromatic carbocycles. The molecule has 5 heteroatoms. The van der Waals surface area contributed by atoms with E-state index in [0.717, 1.165) is 24.2 Å². The smallest absolute Gasteiger partial charge is 0.246 e. The lowest BCUT2D eigenvalue weighted by Gasteiger charge is -2.33. The minimum atomic E-state index is -0.165. The maximum atomic E-state index is 11.8. The summed E-state index contributed by atoms with van der Waals surface area (Å²) in [4.78, 5) is 11.8. The zero-order valence-corrected chi connectivity index (χ0v) is 12.1. The Morgan fingerprint density at radius 3 is 2.80 bits per heavy atom. The fourth-order valence-corrected chi connectivity index (χ4v) is 2.65. The van der Waals surface area contributed by atoms with Crippen molar-refractivity contribution in [3.63, 3.8) is 0 Å². The molecule has 0 aliphatic heterocycles. The molecule has 2 rings (SSSR count). The topological polar surface area (TPSA) is 56.8 Å². The van der Waals surface area contributed by atoms with E-state index in [0.29, 0.717) is 0 Å². The Kier molecular flexibility index (Phi) is 4.98. The van der Waals surface area contributed by atoms with Crippen LogP contribution in [0.15, 0.2) is 18.2 Å². The molecular formula is C15H21NO4. The first-order valence-electron chi connectivity index (χ1n) is 6.67. The predicted molar refractivity (Wildman–Crippen MR) is 74.9 cm³/mol. The number of nitrogens with one attached hydrogen (secondary N) is 1. The van der Waals surface area contributed by atoms with Gasteiger partial charge in [-0.2, -0.15) is 0 Å². The lowest BCUT2D eigenvalue weighted by atomic mass is 9.85. The van der Waals surface area contributed by atoms with Gasteiger partial charge in [0.05, 0.1) is 19.3 Å². The van der Waals surface area contributed by atoms with Crippen molar-refractivity contribution in [1.29, 1.82) is 0 Å². The first kappa shape index (κ1) is 14.8. The van der Waals surface area contributed by atoms with Crippen LogP contribution in [0.1, 0.15) is 23.6 Å². The van der Waals surface area contributed by atoms with E-state index in [4.69, 9.17) is 14.2 Å². The molecule has 1 aliphatic carbocycles. The number of carbonyl (C=O) groups excluding carboxylic acids is 1. The van der Waals surface area contributed by atoms with Gasteiger partial charge in [-0.15, -0.1) is 0 Å². The Morgan fingerprint density at radius 1 is 1.35 bits per heavy atom. The average Bonchev–Trinajstić information content (AvgIpc) is 2.47. The molecule has 0 saturated carbocycles. The summed E-state index contributed by atoms with van der Waals surface area (Å²) in [7, 11) is 4.81. The van der Waals surface area contributed by atoms with Crippen LogP contribution in [0.5, 0.6) is 5.75 Å². The third kappa shape index (κ3) is 3.11. The summed E-state index contributed by atoms with van der Waals surface area (Å²) in [6.07, 6.45) is 1.79. The molecule has 110 valence electrons. The second-order valence-electron chi connectivity index (χ2n) is 4.86. The number of methoxy groups -OCH3 is 3. The Morgan fingerprint density at radius 2 is 2.15 bits per heavy atom. The van der Waals surface area contributed by atoms with Gasteiger partial charge in [0.2, 0.25) is 5.91 Å². The van der Waals surface area contributed by atoms with Crippen LogP contribution in [0, 0.1) is 0 Å². The number of benzene rings is 1. The summed E-state index contributed by atoms with van der Waals surface area (Å²) in [5.74, 6) is 0.640. The third-order valence-electron chi connectivity index (χ3n) is 3.65. The molecule has 0 saturated heterocycles. The van der Waals surface area contributed by atoms with Gasteiger partial charge in [0, 0.05) is 14.2 Å². The highest BCUT2D eigenvalue weighted by atomic mass is 16.5. The molecule has 1 N–H and O–H groups in total. The quantitative estimate of drug-likeness (QED) is 0.886. The van der Waals surface area contributed by atoms with E-state index in [2.05, 4.69) is 11.4 Å². The van der Waals surface area contributed by atoms with Crippen LogP contribution in [0.3, 0.4) is 0 Å². The molecule has 0 spiro atoms. The van der Waals surface area contributed by atoms with Crippen LogP contribution in [0.25, 0.3) is 0 Å². The molecule has 0 heterocycles. The highest BCUT2D eigenvalue weighted by Crippen LogP contribution is 2.34. The molecule has 0 bridgehead atoms. The number of fused-ring (bicyclic) bond motifs is 1. The zero-order valence-electron chi connectivity index (χ0n) is 12.1. The lowest BCUT2D eigenvalue weighted by Crippen LogP contribution is -2.41. The minimum absolute atomic E-state index is 0.0320. The van der Waals surface area contributed by atoms with Crippen molar-refractivity contribution in [2.45, 2.75) is 25.0 Å². The Hall–Kier alpha value is -1.59. The van der Waals surface area contributed by atoms with Crippen LogP contribution in [0.4, 0.5) is 0 Å². The number of rotatable bonds is 5. The van der Waals surface area contributed by atoms with E-state index in [1.807, 2.05) is 12.1 Å². The molecule has 20 heavy (non-hydrogen) atoms. The normalized spacial score (nSPS) is 21.1. The summed E-state index contributed by atoms with van der Waals surface area (Å²) in [6, 6.07) is 5.80. The van der Waals surface area contributed by atoms with Crippen molar-refractivity contribution in [3.05, 3.63) is 29.3 Å². The van der Waals surface area contributed by atoms with Gasteiger partial charge in [-0.1, -0.05) is 6.07 Å². The van der Waals surface area contributed by atoms with E-state index in [1.54, 1.807) is 14.2 Å². The standard InChI is InChI=1S/C15H21NO4/c1-18-9-14(17)16-15-12-8-11(19-2)6-4-10(12)5-7-13(15)20-3/h4,6,8,13,15H,5,7,9H2,1-3H3,(H,16,17)/t13-,15+/m0/s1. The number of ether oxygens (including phenoxy) is 3. The summed E-state index contributed by atoms with van der Waals surface area (Å²) < 4.78 is 15.7. The van der Waals surface area contributed by atoms with Crippen molar-refractivity contribution < 1.29 is 19.0 Å². The van der Waals surface area contributed by atoms with E-state index >= 15 is 0 Å². The fourth-order valence-electron chi connectivity index (χ4n) is 2.65. The van der Waals surface area contributed by atoms with Gasteiger partial charge in [-0.05, 0) is 36.1 Å². The molecule has 5 nitrogen and oxygen atoms in total. The van der Waals surface area contributed by atoms with Crippen molar-refractivity contribution >= 4 is 5.91 Å². The van der Waals surface area contributed by atoms with Crippen molar-refractivity contribution in [1.82, 2.24) is 5.32 Å². The maximum absolute atomic E-state index is 11.8. The van der Waals surface area contributed by atoms with Gasteiger partial charge in [0.1, 0.15) is 12.4 Å². The van der Waals surface area contributed by atoms with Gasteiger partial charge in [0.25, 0.3) is 0 Å². The van der Waals surface area contributed by atoms with Crippen LogP contribution >= 0.6 is 0 Å². The van der Waals surface area contributed by atoms with Gasteiger partial charge in [-0.3, -0.25) is 4.79 Å². The van der Waals surface area contributed by atoms with Crippen molar-refractivity contribution in [2.24, 2.45) is 0 Å². The molecule has 1 aromatic rings. The number of hydrogen-bond donors (Lipinski definition) is 1. The van der Waals surface area contributed by atoms with E-state index < -0.39 is 0 Å². The number of amides is 1. The van der Waals surface area contributed by atoms with Crippen LogP contribution in [-0.4, -0.2) is 39.9 Å². The summed E-state index contributed by atoms with van der Waals surface area (Å²) in [5, 5.41) is 2.98. The van der Waals surface area contributed by atoms with E-state index in [-0.39, 0.29) is 24.7 Å². The molecular weight excluding hydrogens is 258 g/mol. The molecule has 1 amide bonds. The molecule has 2 atom stereocenters. The zero-order chi connectivity index (χ0) is 14.5. The highest BCUT2D eigenvalue weighted by molar-refractivity contribution is 5.78. The SMILES string of the molecule is COCC(=O)N[C@@H]1c2cc(OC)ccc2CC[C@@H]1OC. The second-order valence-corrected chi connectivity index (χ2v) is 4.86. The number of aryl methyl sites for hydroxylation is 1. The van der Waals surface area contributed by atoms with Gasteiger partial charge in [0.15, 0.2) is 0 Å². The maximum Gasteiger partial charge on any atom is 0.246 e. The Labute approximate surface area is 119 Å². The molecule has 0 aromatic heterocycles. The third-order valence-corrected chi connectivity index (χ3v) is 3.65. The summed E-state index contributed by atoms with van der Waals surface area (Å²) in [6.45, 7) is 0.0479. The van der Waals surface area contributed by atoms with Crippen LogP contribution in [-0.2, 0) is 20.7 Å². The minimum Gasteiger partial charge on any atom is -0.497 e. The van der Waals surface area contributed by atoms with E-state index in [1.165, 1.54) is 12.7 Å². The fraction of sp³-hybridized carbons (Fsp3) is 0.533. The van der Waals surface area contributed by atoms with Gasteiger partial charge < -0.3 is 19.5 Å². The lowest BCUT2D eigenvalue weighted by molar-refractivity contribution is -0.126. The largest absolute Gasteiger partial charge is 0.497 e. The number of carbonyl (C=O) groups is 1. The van der Waals surface area contributed by atoms with Gasteiger partial charge in [-0.25, -0.2) is 0 Å². The summed E-state index contributed by atoms with van der Waals surface area (Å²) >= 11 is 0. The van der Waals surface area contributed by atoms with Crippen LogP contribution < -0.4 is 10.1 Å². The second kappa shape index (κ2) is 6.72. The predicted octanol–water partition coefficient (Wildman–Crippen LogP) is 1.46. The first-order valence-corrected chi connectivity index (χ1v) is 6.67. The average molecular weight is 279 g/mol. The molecule has 1 aliphatic rings. The van der Waals surface area contributed by atoms with E-state index in [9.17, 15) is 4.79 Å². The summed E-state index contributed by atoms with van der Waals surface area (Å²) in [5.41, 5.74) is 2.29. The monoisotopic (exact) mass is 279 g/mol. The Bertz CT molecular complexity index is 475. The highest BCUT2D eigenvalue weighted by Gasteiger charge is 2.31. The van der Waals surface area contributed by atoms with Crippen molar-refractivity contribution in [2.75, 3.05) is 27.9 Å². The first-order chi connectivity index (χ1) is 9.69. The molecule has 0 fully saturated rings. The number of hydrogen-bond acceptors (Lipinski definition) is 4.